The molecule has 0 aromatic rings. The topological polar surface area (TPSA) is 29.1 Å². The highest BCUT2D eigenvalue weighted by Crippen LogP contribution is 2.03. The van der Waals surface area contributed by atoms with Crippen molar-refractivity contribution >= 4 is 29.3 Å². The van der Waals surface area contributed by atoms with Crippen LogP contribution in [0.25, 0.3) is 0 Å². The highest BCUT2D eigenvalue weighted by Gasteiger charge is 2.04. The third-order valence-electron chi connectivity index (χ3n) is 1.89. The van der Waals surface area contributed by atoms with E-state index < -0.39 is 0 Å². The van der Waals surface area contributed by atoms with Gasteiger partial charge in [-0.3, -0.25) is 4.79 Å². The van der Waals surface area contributed by atoms with Crippen molar-refractivity contribution in [3.8, 4) is 0 Å². The summed E-state index contributed by atoms with van der Waals surface area (Å²) in [6.07, 6.45) is 4.51. The first-order chi connectivity index (χ1) is 6.70. The molecule has 0 aliphatic heterocycles. The Hall–Kier alpha value is 0.110. The second kappa shape index (κ2) is 9.66. The maximum Gasteiger partial charge on any atom is 0.220 e. The second-order valence-electron chi connectivity index (χ2n) is 3.51. The van der Waals surface area contributed by atoms with E-state index in [0.29, 0.717) is 18.2 Å². The Morgan fingerprint density at radius 1 is 1.50 bits per heavy atom. The normalized spacial score (nSPS) is 12.5. The van der Waals surface area contributed by atoms with Crippen molar-refractivity contribution in [2.45, 2.75) is 26.2 Å². The first-order valence-electron chi connectivity index (χ1n) is 5.02. The van der Waals surface area contributed by atoms with Crippen LogP contribution in [0.15, 0.2) is 0 Å². The van der Waals surface area contributed by atoms with Crippen LogP contribution < -0.4 is 5.32 Å². The summed E-state index contributed by atoms with van der Waals surface area (Å²) in [6.45, 7) is 2.94. The van der Waals surface area contributed by atoms with E-state index in [1.54, 1.807) is 0 Å². The fourth-order valence-corrected chi connectivity index (χ4v) is 1.98. The Balaban J connectivity index is 3.34. The average Bonchev–Trinajstić information content (AvgIpc) is 2.16. The van der Waals surface area contributed by atoms with Gasteiger partial charge in [-0.15, -0.1) is 11.6 Å². The number of alkyl halides is 1. The molecule has 0 aromatic carbocycles. The van der Waals surface area contributed by atoms with Crippen LogP contribution in [0, 0.1) is 5.92 Å². The van der Waals surface area contributed by atoms with Crippen molar-refractivity contribution in [1.29, 1.82) is 0 Å². The third-order valence-corrected chi connectivity index (χ3v) is 3.06. The van der Waals surface area contributed by atoms with Gasteiger partial charge < -0.3 is 5.32 Å². The molecule has 1 amide bonds. The summed E-state index contributed by atoms with van der Waals surface area (Å²) in [4.78, 5) is 11.3. The number of nitrogens with one attached hydrogen (secondary N) is 1. The first-order valence-corrected chi connectivity index (χ1v) is 6.95. The van der Waals surface area contributed by atoms with Gasteiger partial charge in [-0.05, 0) is 30.8 Å². The molecule has 0 radical (unpaired) electrons. The van der Waals surface area contributed by atoms with Crippen molar-refractivity contribution < 1.29 is 4.79 Å². The second-order valence-corrected chi connectivity index (χ2v) is 4.80. The van der Waals surface area contributed by atoms with Gasteiger partial charge in [-0.25, -0.2) is 0 Å². The van der Waals surface area contributed by atoms with E-state index >= 15 is 0 Å². The number of carbonyl (C=O) groups excluding carboxylic acids is 1. The Labute approximate surface area is 96.2 Å². The van der Waals surface area contributed by atoms with Crippen LogP contribution in [0.4, 0.5) is 0 Å². The molecule has 0 rings (SSSR count). The molecule has 0 heterocycles. The molecule has 4 heteroatoms. The Morgan fingerprint density at radius 3 is 2.79 bits per heavy atom. The number of thioether (sulfide) groups is 1. The van der Waals surface area contributed by atoms with E-state index in [9.17, 15) is 4.79 Å². The fourth-order valence-electron chi connectivity index (χ4n) is 1.10. The quantitative estimate of drug-likeness (QED) is 0.519. The average molecular weight is 238 g/mol. The number of hydrogen-bond acceptors (Lipinski definition) is 2. The summed E-state index contributed by atoms with van der Waals surface area (Å²) in [6, 6.07) is 0. The van der Waals surface area contributed by atoms with Gasteiger partial charge in [0.15, 0.2) is 0 Å². The highest BCUT2D eigenvalue weighted by atomic mass is 35.5. The van der Waals surface area contributed by atoms with E-state index in [4.69, 9.17) is 11.6 Å². The lowest BCUT2D eigenvalue weighted by Gasteiger charge is -2.10. The molecule has 0 aromatic heterocycles. The summed E-state index contributed by atoms with van der Waals surface area (Å²) in [5.41, 5.74) is 0. The van der Waals surface area contributed by atoms with Crippen molar-refractivity contribution in [2.24, 2.45) is 5.92 Å². The molecular formula is C10H20ClNOS. The summed E-state index contributed by atoms with van der Waals surface area (Å²) in [5.74, 6) is 2.46. The van der Waals surface area contributed by atoms with E-state index in [0.717, 1.165) is 25.1 Å². The molecule has 1 atom stereocenters. The van der Waals surface area contributed by atoms with Gasteiger partial charge in [0, 0.05) is 18.8 Å². The van der Waals surface area contributed by atoms with Gasteiger partial charge in [0.2, 0.25) is 5.91 Å². The number of rotatable bonds is 8. The van der Waals surface area contributed by atoms with Gasteiger partial charge in [0.05, 0.1) is 0 Å². The van der Waals surface area contributed by atoms with Crippen LogP contribution in [0.5, 0.6) is 0 Å². The monoisotopic (exact) mass is 237 g/mol. The minimum absolute atomic E-state index is 0.156. The molecule has 0 aliphatic carbocycles. The lowest BCUT2D eigenvalue weighted by atomic mass is 10.2. The van der Waals surface area contributed by atoms with Crippen LogP contribution in [-0.4, -0.2) is 30.3 Å². The van der Waals surface area contributed by atoms with Crippen molar-refractivity contribution in [3.05, 3.63) is 0 Å². The lowest BCUT2D eigenvalue weighted by molar-refractivity contribution is -0.121. The predicted molar refractivity (Wildman–Crippen MR) is 65.1 cm³/mol. The van der Waals surface area contributed by atoms with Gasteiger partial charge >= 0.3 is 0 Å². The summed E-state index contributed by atoms with van der Waals surface area (Å²) in [7, 11) is 0. The summed E-state index contributed by atoms with van der Waals surface area (Å²) >= 11 is 7.33. The maximum atomic E-state index is 11.3. The van der Waals surface area contributed by atoms with Crippen LogP contribution in [0.1, 0.15) is 26.2 Å². The zero-order valence-electron chi connectivity index (χ0n) is 9.01. The Morgan fingerprint density at radius 2 is 2.21 bits per heavy atom. The fraction of sp³-hybridized carbons (Fsp3) is 0.900. The smallest absolute Gasteiger partial charge is 0.220 e. The Bertz CT molecular complexity index is 155. The van der Waals surface area contributed by atoms with E-state index in [1.807, 2.05) is 11.8 Å². The molecule has 0 aliphatic rings. The molecule has 84 valence electrons. The molecule has 2 nitrogen and oxygen atoms in total. The SMILES string of the molecule is CSCC(C)CNC(=O)CCCCCl. The minimum atomic E-state index is 0.156. The van der Waals surface area contributed by atoms with E-state index in [1.165, 1.54) is 0 Å². The molecule has 0 saturated heterocycles. The molecule has 0 bridgehead atoms. The van der Waals surface area contributed by atoms with Crippen molar-refractivity contribution in [3.63, 3.8) is 0 Å². The minimum Gasteiger partial charge on any atom is -0.356 e. The zero-order valence-corrected chi connectivity index (χ0v) is 10.6. The lowest BCUT2D eigenvalue weighted by Crippen LogP contribution is -2.28. The molecule has 1 unspecified atom stereocenters. The van der Waals surface area contributed by atoms with Gasteiger partial charge in [0.1, 0.15) is 0 Å². The molecule has 0 saturated carbocycles. The number of halogens is 1. The number of hydrogen-bond donors (Lipinski definition) is 1. The number of amides is 1. The van der Waals surface area contributed by atoms with E-state index in [2.05, 4.69) is 18.5 Å². The van der Waals surface area contributed by atoms with Gasteiger partial charge in [0.25, 0.3) is 0 Å². The molecule has 1 N–H and O–H groups in total. The van der Waals surface area contributed by atoms with E-state index in [-0.39, 0.29) is 5.91 Å². The zero-order chi connectivity index (χ0) is 10.8. The van der Waals surface area contributed by atoms with Crippen LogP contribution in [0.2, 0.25) is 0 Å². The number of unbranched alkanes of at least 4 members (excludes halogenated alkanes) is 1. The largest absolute Gasteiger partial charge is 0.356 e. The van der Waals surface area contributed by atoms with Gasteiger partial charge in [-0.1, -0.05) is 6.92 Å². The summed E-state index contributed by atoms with van der Waals surface area (Å²) < 4.78 is 0. The maximum absolute atomic E-state index is 11.3. The highest BCUT2D eigenvalue weighted by molar-refractivity contribution is 7.98. The standard InChI is InChI=1S/C10H20ClNOS/c1-9(8-14-2)7-12-10(13)5-3-4-6-11/h9H,3-8H2,1-2H3,(H,12,13). The van der Waals surface area contributed by atoms with Crippen molar-refractivity contribution in [2.75, 3.05) is 24.4 Å². The predicted octanol–water partition coefficient (Wildman–Crippen LogP) is 2.51. The number of carbonyl (C=O) groups is 1. The van der Waals surface area contributed by atoms with Gasteiger partial charge in [-0.2, -0.15) is 11.8 Å². The third kappa shape index (κ3) is 8.70. The summed E-state index contributed by atoms with van der Waals surface area (Å²) in [5, 5.41) is 2.93. The molecule has 0 spiro atoms. The molecule has 14 heavy (non-hydrogen) atoms. The van der Waals surface area contributed by atoms with Crippen LogP contribution in [0.3, 0.4) is 0 Å². The van der Waals surface area contributed by atoms with Crippen LogP contribution >= 0.6 is 23.4 Å². The molecular weight excluding hydrogens is 218 g/mol. The van der Waals surface area contributed by atoms with Crippen LogP contribution in [-0.2, 0) is 4.79 Å². The first kappa shape index (κ1) is 14.1. The van der Waals surface area contributed by atoms with Crippen molar-refractivity contribution in [1.82, 2.24) is 5.32 Å². The molecule has 0 fully saturated rings. The Kier molecular flexibility index (Phi) is 9.73.